The lowest BCUT2D eigenvalue weighted by molar-refractivity contribution is -0.137. The van der Waals surface area contributed by atoms with Crippen molar-refractivity contribution >= 4 is 40.8 Å². The van der Waals surface area contributed by atoms with Gasteiger partial charge in [-0.05, 0) is 101 Å². The number of amides is 1. The van der Waals surface area contributed by atoms with Gasteiger partial charge in [0, 0.05) is 42.1 Å². The molecule has 2 atom stereocenters. The Morgan fingerprint density at radius 3 is 2.31 bits per heavy atom. The van der Waals surface area contributed by atoms with Crippen LogP contribution in [0.25, 0.3) is 0 Å². The third-order valence-corrected chi connectivity index (χ3v) is 8.91. The molecule has 0 spiro atoms. The predicted molar refractivity (Wildman–Crippen MR) is 180 cm³/mol. The van der Waals surface area contributed by atoms with Crippen molar-refractivity contribution in [1.82, 2.24) is 14.9 Å². The second-order valence-corrected chi connectivity index (χ2v) is 12.7. The molecule has 0 bridgehead atoms. The Morgan fingerprint density at radius 2 is 1.69 bits per heavy atom. The highest BCUT2D eigenvalue weighted by molar-refractivity contribution is 6.31. The maximum atomic E-state index is 15.4. The third-order valence-electron chi connectivity index (χ3n) is 8.54. The largest absolute Gasteiger partial charge is 0.421 e. The van der Waals surface area contributed by atoms with Crippen LogP contribution in [0.2, 0.25) is 5.02 Å². The Kier molecular flexibility index (Phi) is 10.2. The first-order chi connectivity index (χ1) is 22.6. The van der Waals surface area contributed by atoms with E-state index in [0.29, 0.717) is 41.3 Å². The van der Waals surface area contributed by atoms with E-state index in [4.69, 9.17) is 16.3 Å². The molecular weight excluding hydrogens is 648 g/mol. The minimum Gasteiger partial charge on any atom is -0.409 e. The van der Waals surface area contributed by atoms with Gasteiger partial charge >= 0.3 is 12.3 Å². The van der Waals surface area contributed by atoms with E-state index in [0.717, 1.165) is 28.7 Å². The number of hydrogen-bond acceptors (Lipinski definition) is 7. The first kappa shape index (κ1) is 34.9. The Bertz CT molecular complexity index is 1790. The van der Waals surface area contributed by atoms with Crippen molar-refractivity contribution in [2.24, 2.45) is 0 Å². The molecule has 1 saturated heterocycles. The minimum absolute atomic E-state index is 0.0194. The van der Waals surface area contributed by atoms with Crippen LogP contribution >= 0.6 is 11.6 Å². The molecular formula is C35H37ClF4N6O2. The van der Waals surface area contributed by atoms with Crippen molar-refractivity contribution < 1.29 is 27.1 Å². The molecule has 2 heterocycles. The highest BCUT2D eigenvalue weighted by atomic mass is 35.5. The number of carbonyl (C=O) groups is 1. The molecule has 5 rings (SSSR count). The van der Waals surface area contributed by atoms with Crippen LogP contribution in [0.15, 0.2) is 60.8 Å². The van der Waals surface area contributed by atoms with Crippen LogP contribution in [0.3, 0.4) is 0 Å². The lowest BCUT2D eigenvalue weighted by atomic mass is 10.1. The van der Waals surface area contributed by atoms with Crippen LogP contribution in [-0.2, 0) is 12.7 Å². The summed E-state index contributed by atoms with van der Waals surface area (Å²) in [7, 11) is 2.06. The van der Waals surface area contributed by atoms with E-state index in [9.17, 15) is 18.0 Å². The number of carbonyl (C=O) groups excluding carboxylic acids is 1. The summed E-state index contributed by atoms with van der Waals surface area (Å²) in [4.78, 5) is 27.8. The van der Waals surface area contributed by atoms with E-state index < -0.39 is 30.2 Å². The number of hydrogen-bond donors (Lipinski definition) is 1. The van der Waals surface area contributed by atoms with Gasteiger partial charge in [-0.15, -0.1) is 0 Å². The number of piperazine rings is 1. The van der Waals surface area contributed by atoms with Crippen LogP contribution < -0.4 is 19.9 Å². The molecule has 1 N–H and O–H groups in total. The van der Waals surface area contributed by atoms with Crippen LogP contribution in [0.4, 0.5) is 45.5 Å². The summed E-state index contributed by atoms with van der Waals surface area (Å²) in [5.41, 5.74) is 2.33. The zero-order valence-electron chi connectivity index (χ0n) is 27.5. The maximum Gasteiger partial charge on any atom is 0.421 e. The van der Waals surface area contributed by atoms with Crippen molar-refractivity contribution in [3.8, 4) is 5.75 Å². The quantitative estimate of drug-likeness (QED) is 0.195. The van der Waals surface area contributed by atoms with Gasteiger partial charge in [0.15, 0.2) is 0 Å². The molecule has 1 aliphatic rings. The fourth-order valence-corrected chi connectivity index (χ4v) is 6.06. The molecule has 13 heteroatoms. The number of nitrogens with zero attached hydrogens (tertiary/aromatic N) is 5. The van der Waals surface area contributed by atoms with E-state index in [1.54, 1.807) is 26.0 Å². The smallest absolute Gasteiger partial charge is 0.409 e. The van der Waals surface area contributed by atoms with Crippen molar-refractivity contribution in [3.63, 3.8) is 0 Å². The molecule has 48 heavy (non-hydrogen) atoms. The number of aromatic nitrogens is 2. The van der Waals surface area contributed by atoms with Gasteiger partial charge in [0.1, 0.15) is 17.4 Å². The summed E-state index contributed by atoms with van der Waals surface area (Å²) in [6.07, 6.45) is -4.15. The van der Waals surface area contributed by atoms with Crippen molar-refractivity contribution in [3.05, 3.63) is 99.5 Å². The molecule has 1 fully saturated rings. The average Bonchev–Trinajstić information content (AvgIpc) is 3.00. The minimum atomic E-state index is -4.63. The van der Waals surface area contributed by atoms with Gasteiger partial charge in [0.2, 0.25) is 5.95 Å². The molecule has 254 valence electrons. The summed E-state index contributed by atoms with van der Waals surface area (Å²) in [5, 5.41) is 2.99. The van der Waals surface area contributed by atoms with Gasteiger partial charge in [-0.1, -0.05) is 29.3 Å². The van der Waals surface area contributed by atoms with Crippen molar-refractivity contribution in [1.29, 1.82) is 0 Å². The van der Waals surface area contributed by atoms with Crippen molar-refractivity contribution in [2.75, 3.05) is 35.3 Å². The second-order valence-electron chi connectivity index (χ2n) is 12.3. The number of alkyl halides is 3. The Morgan fingerprint density at radius 1 is 1.02 bits per heavy atom. The van der Waals surface area contributed by atoms with Crippen LogP contribution in [0, 0.1) is 26.6 Å². The monoisotopic (exact) mass is 684 g/mol. The first-order valence-corrected chi connectivity index (χ1v) is 15.8. The molecule has 1 amide bonds. The normalized spacial score (nSPS) is 16.9. The van der Waals surface area contributed by atoms with Crippen LogP contribution in [0.1, 0.15) is 41.7 Å². The second kappa shape index (κ2) is 14.0. The summed E-state index contributed by atoms with van der Waals surface area (Å²) >= 11 is 6.32. The fraction of sp³-hybridized carbons (Fsp3) is 0.343. The summed E-state index contributed by atoms with van der Waals surface area (Å²) in [5.74, 6) is -0.0609. The standard InChI is InChI=1S/C35H37ClF4N6O2/c1-20-13-21(2)32(22(3)14-20)48-34(47)46(19-25-15-26(35(38,39)40)7-9-28(25)36)31-11-12-41-33(43-31)42-27-8-10-30(29(37)16-27)45-17-23(4)44(6)24(5)18-45/h7-16,23-24H,17-19H2,1-6H3,(H,41,42,43). The van der Waals surface area contributed by atoms with Crippen LogP contribution in [0.5, 0.6) is 5.75 Å². The number of aryl methyl sites for hydroxylation is 3. The maximum absolute atomic E-state index is 15.4. The highest BCUT2D eigenvalue weighted by Crippen LogP contribution is 2.34. The van der Waals surface area contributed by atoms with E-state index >= 15 is 4.39 Å². The number of likely N-dealkylation sites (N-methyl/N-ethyl adjacent to an activating group) is 1. The Balaban J connectivity index is 1.45. The average molecular weight is 685 g/mol. The summed E-state index contributed by atoms with van der Waals surface area (Å²) < 4.78 is 62.0. The molecule has 4 aromatic rings. The number of ether oxygens (including phenoxy) is 1. The number of halogens is 5. The van der Waals surface area contributed by atoms with Gasteiger partial charge in [0.05, 0.1) is 17.8 Å². The summed E-state index contributed by atoms with van der Waals surface area (Å²) in [6.45, 7) is 10.7. The lowest BCUT2D eigenvalue weighted by Gasteiger charge is -2.43. The molecule has 0 aliphatic carbocycles. The molecule has 1 aliphatic heterocycles. The topological polar surface area (TPSA) is 73.8 Å². The predicted octanol–water partition coefficient (Wildman–Crippen LogP) is 8.69. The van der Waals surface area contributed by atoms with Gasteiger partial charge in [0.25, 0.3) is 0 Å². The third kappa shape index (κ3) is 7.82. The van der Waals surface area contributed by atoms with Crippen molar-refractivity contribution in [2.45, 2.75) is 59.4 Å². The zero-order valence-corrected chi connectivity index (χ0v) is 28.2. The van der Waals surface area contributed by atoms with Crippen LogP contribution in [-0.4, -0.2) is 53.2 Å². The van der Waals surface area contributed by atoms with Gasteiger partial charge in [-0.2, -0.15) is 18.2 Å². The molecule has 2 unspecified atom stereocenters. The van der Waals surface area contributed by atoms with Gasteiger partial charge in [-0.25, -0.2) is 14.2 Å². The van der Waals surface area contributed by atoms with E-state index in [-0.39, 0.29) is 34.4 Å². The molecule has 1 aromatic heterocycles. The molecule has 8 nitrogen and oxygen atoms in total. The number of nitrogens with one attached hydrogen (secondary N) is 1. The van der Waals surface area contributed by atoms with E-state index in [1.165, 1.54) is 18.3 Å². The molecule has 0 radical (unpaired) electrons. The van der Waals surface area contributed by atoms with Gasteiger partial charge < -0.3 is 15.0 Å². The SMILES string of the molecule is Cc1cc(C)c(OC(=O)N(Cc2cc(C(F)(F)F)ccc2Cl)c2ccnc(Nc3ccc(N4CC(C)N(C)C(C)C4)c(F)c3)n2)c(C)c1. The molecule has 0 saturated carbocycles. The highest BCUT2D eigenvalue weighted by Gasteiger charge is 2.32. The molecule has 3 aromatic carbocycles. The Labute approximate surface area is 282 Å². The van der Waals surface area contributed by atoms with Gasteiger partial charge in [-0.3, -0.25) is 9.80 Å². The number of rotatable bonds is 7. The number of benzene rings is 3. The fourth-order valence-electron chi connectivity index (χ4n) is 5.88. The zero-order chi connectivity index (χ0) is 34.9. The van der Waals surface area contributed by atoms with E-state index in [1.807, 2.05) is 24.0 Å². The lowest BCUT2D eigenvalue weighted by Crippen LogP contribution is -2.55. The number of anilines is 4. The summed E-state index contributed by atoms with van der Waals surface area (Å²) in [6, 6.07) is 13.3. The van der Waals surface area contributed by atoms with E-state index in [2.05, 4.69) is 41.1 Å². The Hall–Kier alpha value is -4.42. The first-order valence-electron chi connectivity index (χ1n) is 15.4.